The van der Waals surface area contributed by atoms with E-state index >= 15 is 4.57 Å². The molecule has 190 valence electrons. The molecule has 0 amide bonds. The van der Waals surface area contributed by atoms with Crippen molar-refractivity contribution in [2.24, 2.45) is 0 Å². The zero-order chi connectivity index (χ0) is 26.7. The first-order valence-corrected chi connectivity index (χ1v) is 15.3. The minimum absolute atomic E-state index is 0.157. The number of fused-ring (bicyclic) bond motifs is 6. The van der Waals surface area contributed by atoms with Gasteiger partial charge in [0.2, 0.25) is 0 Å². The van der Waals surface area contributed by atoms with Crippen LogP contribution in [0.4, 0.5) is 0 Å². The molecule has 40 heavy (non-hydrogen) atoms. The van der Waals surface area contributed by atoms with E-state index in [1.165, 1.54) is 27.8 Å². The fourth-order valence-corrected chi connectivity index (χ4v) is 9.07. The van der Waals surface area contributed by atoms with Crippen molar-refractivity contribution in [2.45, 2.75) is 5.92 Å². The molecule has 1 aliphatic carbocycles. The van der Waals surface area contributed by atoms with Crippen LogP contribution in [0.3, 0.4) is 0 Å². The third-order valence-electron chi connectivity index (χ3n) is 8.25. The van der Waals surface area contributed by atoms with E-state index < -0.39 is 7.14 Å². The molecule has 0 saturated heterocycles. The van der Waals surface area contributed by atoms with Crippen LogP contribution in [0.5, 0.6) is 0 Å². The monoisotopic (exact) mass is 532 g/mol. The quantitative estimate of drug-likeness (QED) is 0.213. The SMILES string of the molecule is O=P(c1ccccc1)(c1ccccc1)c1ccc2oc3ccc(C4c5ccccc5-c5ccccc54)cc3c2c1. The summed E-state index contributed by atoms with van der Waals surface area (Å²) in [6, 6.07) is 49.6. The first-order valence-electron chi connectivity index (χ1n) is 13.6. The predicted octanol–water partition coefficient (Wildman–Crippen LogP) is 8.39. The smallest absolute Gasteiger partial charge is 0.171 e. The molecule has 0 unspecified atom stereocenters. The Labute approximate surface area is 232 Å². The van der Waals surface area contributed by atoms with Gasteiger partial charge in [0.1, 0.15) is 11.2 Å². The minimum atomic E-state index is -3.10. The Morgan fingerprint density at radius 1 is 0.475 bits per heavy atom. The molecule has 0 saturated carbocycles. The van der Waals surface area contributed by atoms with Crippen LogP contribution in [0.25, 0.3) is 33.1 Å². The second-order valence-electron chi connectivity index (χ2n) is 10.4. The number of benzene rings is 6. The summed E-state index contributed by atoms with van der Waals surface area (Å²) in [6.45, 7) is 0. The summed E-state index contributed by atoms with van der Waals surface area (Å²) in [5, 5.41) is 4.49. The average Bonchev–Trinajstić information content (AvgIpc) is 3.56. The number of furan rings is 1. The molecule has 2 nitrogen and oxygen atoms in total. The second kappa shape index (κ2) is 8.95. The summed E-state index contributed by atoms with van der Waals surface area (Å²) in [4.78, 5) is 0. The zero-order valence-corrected chi connectivity index (χ0v) is 22.6. The molecular weight excluding hydrogens is 507 g/mol. The van der Waals surface area contributed by atoms with Crippen LogP contribution in [0.15, 0.2) is 150 Å². The maximum absolute atomic E-state index is 15.0. The molecule has 0 aliphatic heterocycles. The highest BCUT2D eigenvalue weighted by atomic mass is 31.2. The van der Waals surface area contributed by atoms with Crippen molar-refractivity contribution in [3.05, 3.63) is 162 Å². The van der Waals surface area contributed by atoms with Gasteiger partial charge in [0, 0.05) is 32.6 Å². The number of rotatable bonds is 4. The van der Waals surface area contributed by atoms with E-state index in [-0.39, 0.29) is 5.92 Å². The van der Waals surface area contributed by atoms with Gasteiger partial charge in [0.05, 0.1) is 0 Å². The standard InChI is InChI=1S/C37H25O2P/c38-40(26-11-3-1-4-12-26,27-13-5-2-6-14-27)28-20-22-36-34(24-28)33-23-25(19-21-35(33)39-36)37-31-17-9-7-15-29(31)30-16-8-10-18-32(30)37/h1-24,37H. The highest BCUT2D eigenvalue weighted by molar-refractivity contribution is 7.85. The van der Waals surface area contributed by atoms with Crippen molar-refractivity contribution in [2.75, 3.05) is 0 Å². The molecule has 0 spiro atoms. The van der Waals surface area contributed by atoms with Gasteiger partial charge in [-0.1, -0.05) is 115 Å². The Hall–Kier alpha value is -4.65. The van der Waals surface area contributed by atoms with Crippen LogP contribution in [-0.4, -0.2) is 0 Å². The lowest BCUT2D eigenvalue weighted by Crippen LogP contribution is -2.24. The molecule has 1 aliphatic rings. The maximum Gasteiger partial charge on any atom is 0.171 e. The molecule has 0 fully saturated rings. The normalized spacial score (nSPS) is 13.0. The van der Waals surface area contributed by atoms with E-state index in [9.17, 15) is 0 Å². The summed E-state index contributed by atoms with van der Waals surface area (Å²) in [6.07, 6.45) is 0. The molecule has 0 radical (unpaired) electrons. The van der Waals surface area contributed by atoms with Gasteiger partial charge in [-0.3, -0.25) is 0 Å². The van der Waals surface area contributed by atoms with Gasteiger partial charge < -0.3 is 8.98 Å². The fraction of sp³-hybridized carbons (Fsp3) is 0.0270. The van der Waals surface area contributed by atoms with Crippen molar-refractivity contribution in [1.29, 1.82) is 0 Å². The van der Waals surface area contributed by atoms with Crippen LogP contribution < -0.4 is 15.9 Å². The molecule has 7 aromatic rings. The molecule has 8 rings (SSSR count). The van der Waals surface area contributed by atoms with Crippen LogP contribution in [-0.2, 0) is 4.57 Å². The first kappa shape index (κ1) is 23.3. The fourth-order valence-electron chi connectivity index (χ4n) is 6.40. The zero-order valence-electron chi connectivity index (χ0n) is 21.7. The third-order valence-corrected chi connectivity index (χ3v) is 11.3. The molecular formula is C37H25O2P. The number of hydrogen-bond acceptors (Lipinski definition) is 2. The lowest BCUT2D eigenvalue weighted by atomic mass is 9.88. The Kier molecular flexibility index (Phi) is 5.20. The Morgan fingerprint density at radius 3 is 1.57 bits per heavy atom. The van der Waals surface area contributed by atoms with E-state index in [0.717, 1.165) is 37.9 Å². The Bertz CT molecular complexity index is 2000. The minimum Gasteiger partial charge on any atom is -0.456 e. The lowest BCUT2D eigenvalue weighted by Gasteiger charge is -2.20. The molecule has 0 N–H and O–H groups in total. The summed E-state index contributed by atoms with van der Waals surface area (Å²) >= 11 is 0. The van der Waals surface area contributed by atoms with Gasteiger partial charge in [-0.05, 0) is 58.1 Å². The summed E-state index contributed by atoms with van der Waals surface area (Å²) < 4.78 is 21.3. The van der Waals surface area contributed by atoms with E-state index in [1.807, 2.05) is 72.8 Å². The summed E-state index contributed by atoms with van der Waals surface area (Å²) in [5.41, 5.74) is 8.12. The highest BCUT2D eigenvalue weighted by Gasteiger charge is 2.31. The average molecular weight is 533 g/mol. The second-order valence-corrected chi connectivity index (χ2v) is 13.2. The molecule has 1 aromatic heterocycles. The first-order chi connectivity index (χ1) is 19.7. The van der Waals surface area contributed by atoms with Crippen LogP contribution in [0.1, 0.15) is 22.6 Å². The van der Waals surface area contributed by atoms with Gasteiger partial charge in [-0.25, -0.2) is 0 Å². The topological polar surface area (TPSA) is 30.2 Å². The van der Waals surface area contributed by atoms with Crippen LogP contribution >= 0.6 is 7.14 Å². The van der Waals surface area contributed by atoms with Crippen molar-refractivity contribution in [1.82, 2.24) is 0 Å². The summed E-state index contributed by atoms with van der Waals surface area (Å²) in [5.74, 6) is 0.157. The van der Waals surface area contributed by atoms with Crippen molar-refractivity contribution < 1.29 is 8.98 Å². The van der Waals surface area contributed by atoms with Gasteiger partial charge in [-0.2, -0.15) is 0 Å². The van der Waals surface area contributed by atoms with E-state index in [2.05, 4.69) is 72.8 Å². The maximum atomic E-state index is 15.0. The van der Waals surface area contributed by atoms with E-state index in [0.29, 0.717) is 0 Å². The van der Waals surface area contributed by atoms with Crippen LogP contribution in [0.2, 0.25) is 0 Å². The van der Waals surface area contributed by atoms with Gasteiger partial charge in [0.15, 0.2) is 7.14 Å². The molecule has 1 heterocycles. The van der Waals surface area contributed by atoms with Crippen molar-refractivity contribution in [3.63, 3.8) is 0 Å². The van der Waals surface area contributed by atoms with Gasteiger partial charge in [-0.15, -0.1) is 0 Å². The van der Waals surface area contributed by atoms with Crippen LogP contribution in [0, 0.1) is 0 Å². The largest absolute Gasteiger partial charge is 0.456 e. The molecule has 3 heteroatoms. The Morgan fingerprint density at radius 2 is 0.975 bits per heavy atom. The van der Waals surface area contributed by atoms with Gasteiger partial charge in [0.25, 0.3) is 0 Å². The third kappa shape index (κ3) is 3.40. The number of hydrogen-bond donors (Lipinski definition) is 0. The van der Waals surface area contributed by atoms with E-state index in [4.69, 9.17) is 4.42 Å². The van der Waals surface area contributed by atoms with Crippen molar-refractivity contribution >= 4 is 45.0 Å². The molecule has 6 aromatic carbocycles. The summed E-state index contributed by atoms with van der Waals surface area (Å²) in [7, 11) is -3.10. The molecule has 0 bridgehead atoms. The van der Waals surface area contributed by atoms with Crippen molar-refractivity contribution in [3.8, 4) is 11.1 Å². The Balaban J connectivity index is 1.34. The van der Waals surface area contributed by atoms with E-state index in [1.54, 1.807) is 0 Å². The predicted molar refractivity (Wildman–Crippen MR) is 166 cm³/mol. The molecule has 0 atom stereocenters. The van der Waals surface area contributed by atoms with Gasteiger partial charge >= 0.3 is 0 Å². The highest BCUT2D eigenvalue weighted by Crippen LogP contribution is 2.49. The lowest BCUT2D eigenvalue weighted by molar-refractivity contribution is 0.592.